The van der Waals surface area contributed by atoms with Crippen molar-refractivity contribution < 1.29 is 19.0 Å². The molecule has 2 aromatic heterocycles. The average Bonchev–Trinajstić information content (AvgIpc) is 2.85. The second-order valence-corrected chi connectivity index (χ2v) is 10.0. The van der Waals surface area contributed by atoms with Gasteiger partial charge >= 0.3 is 5.97 Å². The number of rotatable bonds is 8. The van der Waals surface area contributed by atoms with Crippen LogP contribution in [0.3, 0.4) is 0 Å². The summed E-state index contributed by atoms with van der Waals surface area (Å²) in [5.41, 5.74) is 2.24. The second-order valence-electron chi connectivity index (χ2n) is 10.0. The molecule has 5 rings (SSSR count). The van der Waals surface area contributed by atoms with Crippen molar-refractivity contribution >= 4 is 17.0 Å². The molecule has 1 N–H and O–H groups in total. The summed E-state index contributed by atoms with van der Waals surface area (Å²) in [6.07, 6.45) is 6.33. The Labute approximate surface area is 205 Å². The maximum Gasteiger partial charge on any atom is 0.309 e. The fourth-order valence-corrected chi connectivity index (χ4v) is 5.80. The molecule has 1 aliphatic carbocycles. The number of carboxylic acid groups (broad SMARTS) is 1. The first-order valence-electron chi connectivity index (χ1n) is 12.5. The highest BCUT2D eigenvalue weighted by Gasteiger charge is 2.44. The molecule has 2 aliphatic rings. The Morgan fingerprint density at radius 3 is 2.60 bits per heavy atom. The van der Waals surface area contributed by atoms with Crippen LogP contribution in [0.5, 0.6) is 5.88 Å². The van der Waals surface area contributed by atoms with Crippen LogP contribution in [0.15, 0.2) is 48.7 Å². The number of carboxylic acids is 1. The van der Waals surface area contributed by atoms with Crippen molar-refractivity contribution in [2.75, 3.05) is 20.2 Å². The normalized spacial score (nSPS) is 22.0. The number of benzene rings is 1. The van der Waals surface area contributed by atoms with Gasteiger partial charge in [-0.3, -0.25) is 9.78 Å². The summed E-state index contributed by atoms with van der Waals surface area (Å²) in [7, 11) is 1.52. The number of aromatic nitrogens is 2. The van der Waals surface area contributed by atoms with Gasteiger partial charge < -0.3 is 14.7 Å². The largest absolute Gasteiger partial charge is 0.481 e. The number of pyridine rings is 2. The number of piperidine rings is 1. The van der Waals surface area contributed by atoms with Gasteiger partial charge in [0.05, 0.1) is 29.8 Å². The number of ether oxygens (including phenoxy) is 1. The first kappa shape index (κ1) is 23.7. The molecular formula is C28H32FN3O3. The summed E-state index contributed by atoms with van der Waals surface area (Å²) in [4.78, 5) is 23.4. The standard InChI is InChI=1S/C28H32FN3O3/c1-35-25-10-9-24-26(31-25)22(23(29)18-30-24)8-5-11-28(27(33)34)12-14-32(15-13-28)21-16-20(17-21)19-6-3-2-4-7-19/h2-4,6-7,9-10,18,20-21H,5,8,11-17H2,1H3,(H,33,34). The SMILES string of the molecule is COc1ccc2ncc(F)c(CCCC3(C(=O)O)CCN(C4CC(c5ccccc5)C4)CC3)c2n1. The Morgan fingerprint density at radius 2 is 1.91 bits per heavy atom. The molecule has 1 saturated heterocycles. The number of aryl methyl sites for hydroxylation is 1. The smallest absolute Gasteiger partial charge is 0.309 e. The summed E-state index contributed by atoms with van der Waals surface area (Å²) in [5.74, 6) is -0.112. The molecule has 6 nitrogen and oxygen atoms in total. The van der Waals surface area contributed by atoms with Crippen LogP contribution in [0, 0.1) is 11.2 Å². The van der Waals surface area contributed by atoms with Gasteiger partial charge in [-0.15, -0.1) is 0 Å². The van der Waals surface area contributed by atoms with E-state index in [9.17, 15) is 14.3 Å². The van der Waals surface area contributed by atoms with Crippen molar-refractivity contribution in [3.8, 4) is 5.88 Å². The van der Waals surface area contributed by atoms with Gasteiger partial charge in [-0.25, -0.2) is 9.37 Å². The van der Waals surface area contributed by atoms with E-state index >= 15 is 0 Å². The van der Waals surface area contributed by atoms with E-state index in [1.807, 2.05) is 0 Å². The van der Waals surface area contributed by atoms with Crippen LogP contribution in [0.2, 0.25) is 0 Å². The third-order valence-electron chi connectivity index (χ3n) is 8.14. The Balaban J connectivity index is 1.19. The molecule has 0 amide bonds. The summed E-state index contributed by atoms with van der Waals surface area (Å²) in [6.45, 7) is 1.62. The third kappa shape index (κ3) is 4.74. The molecule has 0 unspecified atom stereocenters. The van der Waals surface area contributed by atoms with Gasteiger partial charge in [0.2, 0.25) is 5.88 Å². The minimum Gasteiger partial charge on any atom is -0.481 e. The van der Waals surface area contributed by atoms with Crippen LogP contribution in [-0.4, -0.2) is 52.2 Å². The van der Waals surface area contributed by atoms with Crippen LogP contribution >= 0.6 is 0 Å². The predicted molar refractivity (Wildman–Crippen MR) is 132 cm³/mol. The number of hydrogen-bond acceptors (Lipinski definition) is 5. The zero-order valence-corrected chi connectivity index (χ0v) is 20.1. The maximum atomic E-state index is 14.6. The topological polar surface area (TPSA) is 75.6 Å². The average molecular weight is 478 g/mol. The number of fused-ring (bicyclic) bond motifs is 1. The van der Waals surface area contributed by atoms with E-state index in [1.165, 1.54) is 18.9 Å². The molecule has 35 heavy (non-hydrogen) atoms. The van der Waals surface area contributed by atoms with Gasteiger partial charge in [-0.2, -0.15) is 0 Å². The zero-order valence-electron chi connectivity index (χ0n) is 20.1. The zero-order chi connectivity index (χ0) is 24.4. The van der Waals surface area contributed by atoms with E-state index in [-0.39, 0.29) is 0 Å². The van der Waals surface area contributed by atoms with Crippen LogP contribution in [-0.2, 0) is 11.2 Å². The molecule has 1 aromatic carbocycles. The third-order valence-corrected chi connectivity index (χ3v) is 8.14. The highest BCUT2D eigenvalue weighted by atomic mass is 19.1. The molecule has 3 heterocycles. The minimum atomic E-state index is -0.747. The van der Waals surface area contributed by atoms with E-state index in [4.69, 9.17) is 4.74 Å². The van der Waals surface area contributed by atoms with E-state index < -0.39 is 17.2 Å². The number of aliphatic carboxylic acids is 1. The molecule has 0 spiro atoms. The van der Waals surface area contributed by atoms with Gasteiger partial charge in [-0.1, -0.05) is 30.3 Å². The maximum absolute atomic E-state index is 14.6. The van der Waals surface area contributed by atoms with Crippen LogP contribution in [0.1, 0.15) is 55.6 Å². The van der Waals surface area contributed by atoms with Crippen LogP contribution < -0.4 is 4.74 Å². The van der Waals surface area contributed by atoms with Crippen molar-refractivity contribution in [3.63, 3.8) is 0 Å². The number of likely N-dealkylation sites (tertiary alicyclic amines) is 1. The van der Waals surface area contributed by atoms with Crippen molar-refractivity contribution in [2.45, 2.75) is 56.9 Å². The van der Waals surface area contributed by atoms with E-state index in [1.54, 1.807) is 12.1 Å². The molecule has 0 bridgehead atoms. The number of halogens is 1. The van der Waals surface area contributed by atoms with Gasteiger partial charge in [0.15, 0.2) is 0 Å². The summed E-state index contributed by atoms with van der Waals surface area (Å²) < 4.78 is 19.8. The molecule has 3 aromatic rings. The highest BCUT2D eigenvalue weighted by Crippen LogP contribution is 2.44. The lowest BCUT2D eigenvalue weighted by Gasteiger charge is -2.48. The number of carbonyl (C=O) groups is 1. The Bertz CT molecular complexity index is 1190. The first-order valence-corrected chi connectivity index (χ1v) is 12.5. The minimum absolute atomic E-state index is 0.407. The van der Waals surface area contributed by atoms with Crippen molar-refractivity contribution in [3.05, 3.63) is 65.6 Å². The molecule has 0 atom stereocenters. The van der Waals surface area contributed by atoms with Crippen LogP contribution in [0.4, 0.5) is 4.39 Å². The summed E-state index contributed by atoms with van der Waals surface area (Å²) in [5, 5.41) is 10.1. The Hall–Kier alpha value is -3.06. The fourth-order valence-electron chi connectivity index (χ4n) is 5.80. The molecule has 7 heteroatoms. The highest BCUT2D eigenvalue weighted by molar-refractivity contribution is 5.78. The lowest BCUT2D eigenvalue weighted by molar-refractivity contribution is -0.153. The van der Waals surface area contributed by atoms with Crippen molar-refractivity contribution in [1.82, 2.24) is 14.9 Å². The van der Waals surface area contributed by atoms with Crippen molar-refractivity contribution in [1.29, 1.82) is 0 Å². The molecule has 1 saturated carbocycles. The monoisotopic (exact) mass is 477 g/mol. The van der Waals surface area contributed by atoms with Gasteiger partial charge in [0, 0.05) is 17.7 Å². The quantitative estimate of drug-likeness (QED) is 0.480. The van der Waals surface area contributed by atoms with Gasteiger partial charge in [0.1, 0.15) is 5.82 Å². The lowest BCUT2D eigenvalue weighted by atomic mass is 9.71. The molecule has 1 aliphatic heterocycles. The Kier molecular flexibility index (Phi) is 6.69. The van der Waals surface area contributed by atoms with E-state index in [0.29, 0.717) is 66.5 Å². The summed E-state index contributed by atoms with van der Waals surface area (Å²) >= 11 is 0. The number of hydrogen-bond donors (Lipinski definition) is 1. The number of nitrogens with zero attached hydrogens (tertiary/aromatic N) is 3. The van der Waals surface area contributed by atoms with E-state index in [0.717, 1.165) is 25.9 Å². The molecular weight excluding hydrogens is 445 g/mol. The molecule has 2 fully saturated rings. The van der Waals surface area contributed by atoms with E-state index in [2.05, 4.69) is 45.2 Å². The molecule has 184 valence electrons. The molecule has 0 radical (unpaired) electrons. The van der Waals surface area contributed by atoms with Crippen LogP contribution in [0.25, 0.3) is 11.0 Å². The summed E-state index contributed by atoms with van der Waals surface area (Å²) in [6, 6.07) is 14.7. The van der Waals surface area contributed by atoms with Gasteiger partial charge in [-0.05, 0) is 75.6 Å². The predicted octanol–water partition coefficient (Wildman–Crippen LogP) is 5.21. The first-order chi connectivity index (χ1) is 17.0. The fraction of sp³-hybridized carbons (Fsp3) is 0.464. The van der Waals surface area contributed by atoms with Crippen molar-refractivity contribution in [2.24, 2.45) is 5.41 Å². The number of methoxy groups -OCH3 is 1. The Morgan fingerprint density at radius 1 is 1.17 bits per heavy atom. The van der Waals surface area contributed by atoms with Gasteiger partial charge in [0.25, 0.3) is 0 Å². The lowest BCUT2D eigenvalue weighted by Crippen LogP contribution is -2.51. The second kappa shape index (κ2) is 9.90.